The zero-order valence-corrected chi connectivity index (χ0v) is 8.67. The molecule has 0 saturated carbocycles. The van der Waals surface area contributed by atoms with Gasteiger partial charge in [0.1, 0.15) is 0 Å². The van der Waals surface area contributed by atoms with Gasteiger partial charge in [0.05, 0.1) is 12.7 Å². The van der Waals surface area contributed by atoms with Crippen LogP contribution in [0.1, 0.15) is 33.6 Å². The summed E-state index contributed by atoms with van der Waals surface area (Å²) in [6.07, 6.45) is 7.18. The Hall–Kier alpha value is -0.520. The molecule has 1 aliphatic rings. The minimum Gasteiger partial charge on any atom is -0.347 e. The van der Waals surface area contributed by atoms with Crippen molar-refractivity contribution in [2.45, 2.75) is 45.5 Å². The Morgan fingerprint density at radius 1 is 1.54 bits per heavy atom. The average Bonchev–Trinajstić information content (AvgIpc) is 2.61. The monoisotopic (exact) mass is 182 g/mol. The molecular formula is C11H18O2. The summed E-state index contributed by atoms with van der Waals surface area (Å²) in [6, 6.07) is 0. The molecule has 1 saturated heterocycles. The van der Waals surface area contributed by atoms with Gasteiger partial charge in [0, 0.05) is 5.92 Å². The van der Waals surface area contributed by atoms with Crippen molar-refractivity contribution in [3.05, 3.63) is 0 Å². The van der Waals surface area contributed by atoms with Crippen molar-refractivity contribution in [1.82, 2.24) is 0 Å². The fourth-order valence-corrected chi connectivity index (χ4v) is 1.55. The highest BCUT2D eigenvalue weighted by Crippen LogP contribution is 2.32. The first-order chi connectivity index (χ1) is 6.17. The minimum atomic E-state index is -0.365. The molecule has 1 aliphatic heterocycles. The molecule has 0 bridgehead atoms. The lowest BCUT2D eigenvalue weighted by molar-refractivity contribution is -0.174. The lowest BCUT2D eigenvalue weighted by Gasteiger charge is -2.25. The van der Waals surface area contributed by atoms with Gasteiger partial charge >= 0.3 is 0 Å². The quantitative estimate of drug-likeness (QED) is 0.623. The fraction of sp³-hybridized carbons (Fsp3) is 0.818. The van der Waals surface area contributed by atoms with Crippen LogP contribution < -0.4 is 0 Å². The van der Waals surface area contributed by atoms with Crippen molar-refractivity contribution in [2.24, 2.45) is 5.92 Å². The largest absolute Gasteiger partial charge is 0.347 e. The van der Waals surface area contributed by atoms with Gasteiger partial charge in [-0.3, -0.25) is 0 Å². The van der Waals surface area contributed by atoms with Crippen molar-refractivity contribution in [1.29, 1.82) is 0 Å². The van der Waals surface area contributed by atoms with E-state index in [4.69, 9.17) is 15.9 Å². The molecule has 0 spiro atoms. The molecule has 0 unspecified atom stereocenters. The lowest BCUT2D eigenvalue weighted by atomic mass is 10.1. The molecule has 1 rings (SSSR count). The standard InChI is InChI=1S/C11H18O2/c1-5-9(4)10-8-12-11(6-2,7-3)13-10/h1,9-10H,6-8H2,2-4H3/t9-,10-/m0/s1. The normalized spacial score (nSPS) is 28.3. The maximum absolute atomic E-state index is 5.84. The SMILES string of the molecule is C#C[C@H](C)[C@@H]1COC(CC)(CC)O1. The van der Waals surface area contributed by atoms with E-state index >= 15 is 0 Å². The van der Waals surface area contributed by atoms with Gasteiger partial charge < -0.3 is 9.47 Å². The summed E-state index contributed by atoms with van der Waals surface area (Å²) >= 11 is 0. The summed E-state index contributed by atoms with van der Waals surface area (Å²) in [7, 11) is 0. The zero-order valence-electron chi connectivity index (χ0n) is 8.67. The van der Waals surface area contributed by atoms with Gasteiger partial charge in [-0.1, -0.05) is 13.8 Å². The maximum Gasteiger partial charge on any atom is 0.168 e. The van der Waals surface area contributed by atoms with E-state index in [0.717, 1.165) is 12.8 Å². The van der Waals surface area contributed by atoms with E-state index in [2.05, 4.69) is 19.8 Å². The Morgan fingerprint density at radius 3 is 2.54 bits per heavy atom. The Morgan fingerprint density at radius 2 is 2.15 bits per heavy atom. The third-order valence-corrected chi connectivity index (χ3v) is 2.77. The van der Waals surface area contributed by atoms with Crippen LogP contribution in [0.25, 0.3) is 0 Å². The van der Waals surface area contributed by atoms with E-state index in [1.807, 2.05) is 6.92 Å². The van der Waals surface area contributed by atoms with Crippen LogP contribution in [-0.2, 0) is 9.47 Å². The number of hydrogen-bond acceptors (Lipinski definition) is 2. The van der Waals surface area contributed by atoms with Gasteiger partial charge in [0.2, 0.25) is 0 Å². The van der Waals surface area contributed by atoms with Crippen LogP contribution >= 0.6 is 0 Å². The van der Waals surface area contributed by atoms with E-state index in [1.165, 1.54) is 0 Å². The van der Waals surface area contributed by atoms with Crippen molar-refractivity contribution in [2.75, 3.05) is 6.61 Å². The molecule has 0 aromatic carbocycles. The Balaban J connectivity index is 2.57. The summed E-state index contributed by atoms with van der Waals surface area (Å²) in [5, 5.41) is 0. The van der Waals surface area contributed by atoms with Gasteiger partial charge in [-0.15, -0.1) is 12.3 Å². The maximum atomic E-state index is 5.84. The summed E-state index contributed by atoms with van der Waals surface area (Å²) in [5.41, 5.74) is 0. The average molecular weight is 182 g/mol. The van der Waals surface area contributed by atoms with Gasteiger partial charge in [-0.05, 0) is 19.8 Å². The third kappa shape index (κ3) is 2.04. The number of terminal acetylenes is 1. The molecule has 0 amide bonds. The predicted octanol–water partition coefficient (Wildman–Crippen LogP) is 2.19. The summed E-state index contributed by atoms with van der Waals surface area (Å²) in [5.74, 6) is 2.46. The highest BCUT2D eigenvalue weighted by Gasteiger charge is 2.39. The molecule has 0 aromatic heterocycles. The number of ether oxygens (including phenoxy) is 2. The highest BCUT2D eigenvalue weighted by molar-refractivity contribution is 4.97. The molecule has 74 valence electrons. The molecule has 1 fully saturated rings. The predicted molar refractivity (Wildman–Crippen MR) is 52.1 cm³/mol. The van der Waals surface area contributed by atoms with E-state index < -0.39 is 0 Å². The second-order valence-corrected chi connectivity index (χ2v) is 3.54. The first kappa shape index (κ1) is 10.6. The molecule has 2 atom stereocenters. The van der Waals surface area contributed by atoms with E-state index in [1.54, 1.807) is 0 Å². The van der Waals surface area contributed by atoms with Crippen LogP contribution in [0.4, 0.5) is 0 Å². The Kier molecular flexibility index (Phi) is 3.35. The molecule has 0 aromatic rings. The van der Waals surface area contributed by atoms with E-state index in [-0.39, 0.29) is 17.8 Å². The molecule has 0 N–H and O–H groups in total. The molecule has 2 heteroatoms. The van der Waals surface area contributed by atoms with E-state index in [0.29, 0.717) is 6.61 Å². The first-order valence-electron chi connectivity index (χ1n) is 4.95. The van der Waals surface area contributed by atoms with Crippen molar-refractivity contribution >= 4 is 0 Å². The summed E-state index contributed by atoms with van der Waals surface area (Å²) in [6.45, 7) is 6.78. The van der Waals surface area contributed by atoms with Crippen LogP contribution in [0.2, 0.25) is 0 Å². The topological polar surface area (TPSA) is 18.5 Å². The molecule has 2 nitrogen and oxygen atoms in total. The van der Waals surface area contributed by atoms with Crippen LogP contribution in [0.15, 0.2) is 0 Å². The van der Waals surface area contributed by atoms with Crippen LogP contribution in [0.3, 0.4) is 0 Å². The molecule has 13 heavy (non-hydrogen) atoms. The fourth-order valence-electron chi connectivity index (χ4n) is 1.55. The second kappa shape index (κ2) is 4.13. The van der Waals surface area contributed by atoms with E-state index in [9.17, 15) is 0 Å². The summed E-state index contributed by atoms with van der Waals surface area (Å²) in [4.78, 5) is 0. The number of hydrogen-bond donors (Lipinski definition) is 0. The Labute approximate surface area is 80.6 Å². The smallest absolute Gasteiger partial charge is 0.168 e. The van der Waals surface area contributed by atoms with Crippen molar-refractivity contribution in [3.8, 4) is 12.3 Å². The van der Waals surface area contributed by atoms with Gasteiger partial charge in [-0.2, -0.15) is 0 Å². The van der Waals surface area contributed by atoms with Crippen LogP contribution in [-0.4, -0.2) is 18.5 Å². The molecule has 1 heterocycles. The second-order valence-electron chi connectivity index (χ2n) is 3.54. The number of rotatable bonds is 3. The van der Waals surface area contributed by atoms with Crippen molar-refractivity contribution < 1.29 is 9.47 Å². The van der Waals surface area contributed by atoms with Crippen molar-refractivity contribution in [3.63, 3.8) is 0 Å². The van der Waals surface area contributed by atoms with Gasteiger partial charge in [-0.25, -0.2) is 0 Å². The van der Waals surface area contributed by atoms with Gasteiger partial charge in [0.15, 0.2) is 5.79 Å². The third-order valence-electron chi connectivity index (χ3n) is 2.77. The van der Waals surface area contributed by atoms with Crippen LogP contribution in [0, 0.1) is 18.3 Å². The lowest BCUT2D eigenvalue weighted by Crippen LogP contribution is -2.30. The van der Waals surface area contributed by atoms with Gasteiger partial charge in [0.25, 0.3) is 0 Å². The molecule has 0 radical (unpaired) electrons. The molecular weight excluding hydrogens is 164 g/mol. The molecule has 0 aliphatic carbocycles. The van der Waals surface area contributed by atoms with Crippen LogP contribution in [0.5, 0.6) is 0 Å². The Bertz CT molecular complexity index is 201. The first-order valence-corrected chi connectivity index (χ1v) is 4.95. The minimum absolute atomic E-state index is 0.0740. The zero-order chi connectivity index (χ0) is 9.90. The summed E-state index contributed by atoms with van der Waals surface area (Å²) < 4.78 is 11.5. The highest BCUT2D eigenvalue weighted by atomic mass is 16.7.